The summed E-state index contributed by atoms with van der Waals surface area (Å²) in [4.78, 5) is 2.02. The van der Waals surface area contributed by atoms with Gasteiger partial charge in [0.05, 0.1) is 6.04 Å². The summed E-state index contributed by atoms with van der Waals surface area (Å²) in [5.74, 6) is 0. The van der Waals surface area contributed by atoms with Gasteiger partial charge >= 0.3 is 0 Å². The summed E-state index contributed by atoms with van der Waals surface area (Å²) >= 11 is 0. The molecule has 0 spiro atoms. The fraction of sp³-hybridized carbons (Fsp3) is 0.0370. The molecule has 4 aromatic carbocycles. The van der Waals surface area contributed by atoms with Crippen molar-refractivity contribution in [2.45, 2.75) is 0 Å². The number of anilines is 1. The van der Waals surface area contributed by atoms with Crippen molar-refractivity contribution in [2.75, 3.05) is 11.9 Å². The smallest absolute Gasteiger partial charge is 0.191 e. The van der Waals surface area contributed by atoms with Crippen LogP contribution in [0.4, 0.5) is 5.69 Å². The molecule has 29 heavy (non-hydrogen) atoms. The van der Waals surface area contributed by atoms with Crippen LogP contribution in [0.25, 0.3) is 0 Å². The van der Waals surface area contributed by atoms with E-state index < -0.39 is 7.26 Å². The summed E-state index contributed by atoms with van der Waals surface area (Å²) in [5.41, 5.74) is 4.86. The van der Waals surface area contributed by atoms with Crippen molar-refractivity contribution in [3.05, 3.63) is 121 Å². The topological polar surface area (TPSA) is 3.24 Å². The van der Waals surface area contributed by atoms with Gasteiger partial charge in [-0.25, -0.2) is 0 Å². The highest BCUT2D eigenvalue weighted by molar-refractivity contribution is 7.99. The number of nitrogens with zero attached hydrogens (tertiary/aromatic N) is 1. The van der Waals surface area contributed by atoms with Crippen molar-refractivity contribution in [3.63, 3.8) is 0 Å². The van der Waals surface area contributed by atoms with E-state index in [0.29, 0.717) is 0 Å². The summed E-state index contributed by atoms with van der Waals surface area (Å²) in [6.07, 6.45) is 0. The van der Waals surface area contributed by atoms with Crippen molar-refractivity contribution in [3.8, 4) is 11.7 Å². The van der Waals surface area contributed by atoms with Crippen LogP contribution in [0.3, 0.4) is 0 Å². The number of hydrogen-bond acceptors (Lipinski definition) is 1. The third kappa shape index (κ3) is 3.95. The minimum absolute atomic E-state index is 1.09. The predicted octanol–water partition coefficient (Wildman–Crippen LogP) is 5.04. The lowest BCUT2D eigenvalue weighted by Gasteiger charge is -2.21. The van der Waals surface area contributed by atoms with Gasteiger partial charge in [0.15, 0.2) is 7.26 Å². The van der Waals surface area contributed by atoms with E-state index in [9.17, 15) is 0 Å². The van der Waals surface area contributed by atoms with E-state index >= 15 is 0 Å². The molecule has 0 unspecified atom stereocenters. The predicted molar refractivity (Wildman–Crippen MR) is 128 cm³/mol. The molecule has 1 nitrogen and oxygen atoms in total. The van der Waals surface area contributed by atoms with Gasteiger partial charge in [-0.3, -0.25) is 0 Å². The number of rotatable bonds is 4. The molecule has 0 saturated heterocycles. The second-order valence-corrected chi connectivity index (χ2v) is 9.91. The zero-order valence-electron chi connectivity index (χ0n) is 16.4. The third-order valence-corrected chi connectivity index (χ3v) is 8.61. The maximum Gasteiger partial charge on any atom is 0.191 e. The maximum atomic E-state index is 3.77. The average molecular weight is 392 g/mol. The molecule has 0 atom stereocenters. The van der Waals surface area contributed by atoms with Gasteiger partial charge in [0.25, 0.3) is 0 Å². The van der Waals surface area contributed by atoms with Crippen LogP contribution in [0.1, 0.15) is 0 Å². The van der Waals surface area contributed by atoms with Crippen LogP contribution in [-0.4, -0.2) is 7.05 Å². The van der Waals surface area contributed by atoms with Crippen LogP contribution in [0, 0.1) is 11.7 Å². The highest BCUT2D eigenvalue weighted by Crippen LogP contribution is 2.54. The van der Waals surface area contributed by atoms with Crippen LogP contribution in [0.15, 0.2) is 121 Å². The molecular weight excluding hydrogens is 369 g/mol. The van der Waals surface area contributed by atoms with Gasteiger partial charge in [-0.05, 0) is 48.5 Å². The minimum Gasteiger partial charge on any atom is -0.302 e. The Labute approximate surface area is 174 Å². The van der Waals surface area contributed by atoms with Gasteiger partial charge in [0.1, 0.15) is 21.6 Å². The van der Waals surface area contributed by atoms with E-state index in [4.69, 9.17) is 0 Å². The van der Waals surface area contributed by atoms with Gasteiger partial charge in [0, 0.05) is 12.7 Å². The van der Waals surface area contributed by atoms with Gasteiger partial charge < -0.3 is 4.90 Å². The highest BCUT2D eigenvalue weighted by Gasteiger charge is 2.45. The molecule has 0 saturated carbocycles. The quantitative estimate of drug-likeness (QED) is 0.267. The molecule has 0 radical (unpaired) electrons. The molecule has 0 amide bonds. The van der Waals surface area contributed by atoms with Crippen LogP contribution < -0.4 is 20.8 Å². The Balaban J connectivity index is 1.95. The van der Waals surface area contributed by atoms with Crippen LogP contribution in [0.2, 0.25) is 0 Å². The second kappa shape index (κ2) is 8.78. The number of benzene rings is 4. The van der Waals surface area contributed by atoms with E-state index in [1.807, 2.05) is 30.1 Å². The normalized spacial score (nSPS) is 10.7. The van der Waals surface area contributed by atoms with Gasteiger partial charge in [-0.15, -0.1) is 0 Å². The first kappa shape index (κ1) is 19.0. The first-order chi connectivity index (χ1) is 14.3. The summed E-state index contributed by atoms with van der Waals surface area (Å²) in [7, 11) is -0.105. The molecule has 0 heterocycles. The fourth-order valence-electron chi connectivity index (χ4n) is 3.46. The summed E-state index contributed by atoms with van der Waals surface area (Å²) in [6.45, 7) is 0. The standard InChI is InChI=1S/C27H23NP/c1-28(24-14-6-2-7-15-24)22-23-29(25-16-8-3-9-17-25,26-18-10-4-11-19-26)27-20-12-5-13-21-27/h2-21H,1H3/q+1. The monoisotopic (exact) mass is 392 g/mol. The van der Waals surface area contributed by atoms with Crippen molar-refractivity contribution in [1.82, 2.24) is 0 Å². The summed E-state index contributed by atoms with van der Waals surface area (Å²) in [6, 6.07) is 45.9. The van der Waals surface area contributed by atoms with Crippen molar-refractivity contribution < 1.29 is 0 Å². The lowest BCUT2D eigenvalue weighted by atomic mass is 10.3. The van der Waals surface area contributed by atoms with Crippen molar-refractivity contribution in [2.24, 2.45) is 0 Å². The molecule has 0 bridgehead atoms. The van der Waals surface area contributed by atoms with Gasteiger partial charge in [-0.1, -0.05) is 72.8 Å². The lowest BCUT2D eigenvalue weighted by Crippen LogP contribution is -2.30. The Morgan fingerprint density at radius 2 is 0.862 bits per heavy atom. The van der Waals surface area contributed by atoms with E-state index in [2.05, 4.69) is 115 Å². The van der Waals surface area contributed by atoms with E-state index in [1.54, 1.807) is 0 Å². The van der Waals surface area contributed by atoms with Gasteiger partial charge in [-0.2, -0.15) is 0 Å². The molecule has 2 heteroatoms. The Morgan fingerprint density at radius 1 is 0.517 bits per heavy atom. The third-order valence-electron chi connectivity index (χ3n) is 4.96. The Hall–Kier alpha value is -3.33. The van der Waals surface area contributed by atoms with Crippen molar-refractivity contribution >= 4 is 28.9 Å². The summed E-state index contributed by atoms with van der Waals surface area (Å²) in [5, 5.41) is 3.81. The fourth-order valence-corrected chi connectivity index (χ4v) is 6.90. The second-order valence-electron chi connectivity index (χ2n) is 6.80. The zero-order chi connectivity index (χ0) is 19.9. The molecule has 4 rings (SSSR count). The molecule has 140 valence electrons. The highest BCUT2D eigenvalue weighted by atomic mass is 31.2. The number of para-hydroxylation sites is 1. The Bertz CT molecular complexity index is 1000. The average Bonchev–Trinajstić information content (AvgIpc) is 2.82. The van der Waals surface area contributed by atoms with Crippen molar-refractivity contribution in [1.29, 1.82) is 0 Å². The maximum absolute atomic E-state index is 3.77. The van der Waals surface area contributed by atoms with E-state index in [0.717, 1.165) is 5.69 Å². The first-order valence-corrected chi connectivity index (χ1v) is 11.5. The SMILES string of the molecule is CN(C#C[P+](c1ccccc1)(c1ccccc1)c1ccccc1)c1ccccc1. The Morgan fingerprint density at radius 3 is 1.24 bits per heavy atom. The molecule has 0 aromatic heterocycles. The first-order valence-electron chi connectivity index (χ1n) is 9.68. The molecule has 4 aromatic rings. The molecule has 0 aliphatic carbocycles. The van der Waals surface area contributed by atoms with Crippen LogP contribution >= 0.6 is 7.26 Å². The lowest BCUT2D eigenvalue weighted by molar-refractivity contribution is 1.25. The molecule has 0 aliphatic heterocycles. The molecule has 0 N–H and O–H groups in total. The molecular formula is C27H23NP+. The largest absolute Gasteiger partial charge is 0.302 e. The number of hydrogen-bond donors (Lipinski definition) is 0. The zero-order valence-corrected chi connectivity index (χ0v) is 17.3. The summed E-state index contributed by atoms with van der Waals surface area (Å²) < 4.78 is 0. The van der Waals surface area contributed by atoms with Gasteiger partial charge in [0.2, 0.25) is 0 Å². The van der Waals surface area contributed by atoms with Crippen LogP contribution in [-0.2, 0) is 0 Å². The van der Waals surface area contributed by atoms with Crippen LogP contribution in [0.5, 0.6) is 0 Å². The minimum atomic E-state index is -2.13. The molecule has 0 aliphatic rings. The Kier molecular flexibility index (Phi) is 5.76. The van der Waals surface area contributed by atoms with E-state index in [1.165, 1.54) is 15.9 Å². The molecule has 0 fully saturated rings. The van der Waals surface area contributed by atoms with E-state index in [-0.39, 0.29) is 0 Å².